The summed E-state index contributed by atoms with van der Waals surface area (Å²) in [5, 5.41) is 18.2. The summed E-state index contributed by atoms with van der Waals surface area (Å²) in [5.74, 6) is 2.67. The molecule has 2 aromatic rings. The van der Waals surface area contributed by atoms with Gasteiger partial charge in [0.2, 0.25) is 0 Å². The lowest BCUT2D eigenvalue weighted by Gasteiger charge is -2.36. The zero-order valence-corrected chi connectivity index (χ0v) is 22.4. The van der Waals surface area contributed by atoms with Crippen molar-refractivity contribution in [1.82, 2.24) is 15.5 Å². The van der Waals surface area contributed by atoms with Gasteiger partial charge in [-0.3, -0.25) is 0 Å². The first-order chi connectivity index (χ1) is 18.0. The third-order valence-electron chi connectivity index (χ3n) is 9.44. The van der Waals surface area contributed by atoms with E-state index in [1.165, 1.54) is 64.6 Å². The lowest BCUT2D eigenvalue weighted by molar-refractivity contribution is 0.0470. The van der Waals surface area contributed by atoms with Crippen LogP contribution < -0.4 is 10.6 Å². The summed E-state index contributed by atoms with van der Waals surface area (Å²) in [6, 6.07) is 18.7. The molecule has 2 aromatic carbocycles. The molecule has 37 heavy (non-hydrogen) atoms. The Morgan fingerprint density at radius 2 is 1.38 bits per heavy atom. The highest BCUT2D eigenvalue weighted by molar-refractivity contribution is 5.75. The summed E-state index contributed by atoms with van der Waals surface area (Å²) >= 11 is 0. The van der Waals surface area contributed by atoms with Crippen molar-refractivity contribution in [3.63, 3.8) is 0 Å². The van der Waals surface area contributed by atoms with Crippen molar-refractivity contribution in [2.24, 2.45) is 17.8 Å². The molecule has 200 valence electrons. The topological polar surface area (TPSA) is 64.6 Å². The number of hydrogen-bond acceptors (Lipinski definition) is 3. The van der Waals surface area contributed by atoms with Gasteiger partial charge >= 0.3 is 6.03 Å². The average molecular weight is 504 g/mol. The Labute approximate surface area is 223 Å². The second kappa shape index (κ2) is 12.0. The molecule has 2 bridgehead atoms. The van der Waals surface area contributed by atoms with Crippen molar-refractivity contribution < 1.29 is 9.90 Å². The van der Waals surface area contributed by atoms with Gasteiger partial charge in [-0.2, -0.15) is 0 Å². The molecule has 2 aliphatic heterocycles. The molecule has 5 nitrogen and oxygen atoms in total. The average Bonchev–Trinajstić information content (AvgIpc) is 3.26. The van der Waals surface area contributed by atoms with Crippen LogP contribution in [0.25, 0.3) is 0 Å². The fraction of sp³-hybridized carbons (Fsp3) is 0.594. The maximum atomic E-state index is 13.0. The van der Waals surface area contributed by atoms with Crippen LogP contribution in [0.5, 0.6) is 0 Å². The maximum absolute atomic E-state index is 13.0. The molecule has 1 atom stereocenters. The molecule has 0 radical (unpaired) electrons. The third-order valence-corrected chi connectivity index (χ3v) is 9.44. The maximum Gasteiger partial charge on any atom is 0.315 e. The van der Waals surface area contributed by atoms with Crippen molar-refractivity contribution in [1.29, 1.82) is 0 Å². The molecule has 6 rings (SSSR count). The van der Waals surface area contributed by atoms with E-state index in [0.717, 1.165) is 41.7 Å². The van der Waals surface area contributed by atoms with E-state index in [4.69, 9.17) is 0 Å². The van der Waals surface area contributed by atoms with E-state index in [1.54, 1.807) is 0 Å². The van der Waals surface area contributed by atoms with Crippen molar-refractivity contribution >= 4 is 6.03 Å². The molecule has 2 saturated heterocycles. The van der Waals surface area contributed by atoms with Crippen molar-refractivity contribution in [2.45, 2.75) is 82.4 Å². The SMILES string of the molecule is C[C@@H](NC(=O)N[C@H]1CC[C@H](CCN2CC3CCC(CC3)C2)CC1)C(O)(c1ccccc1)c1ccccc1. The predicted molar refractivity (Wildman–Crippen MR) is 149 cm³/mol. The molecule has 2 amide bonds. The minimum absolute atomic E-state index is 0.193. The third kappa shape index (κ3) is 6.38. The summed E-state index contributed by atoms with van der Waals surface area (Å²) < 4.78 is 0. The second-order valence-electron chi connectivity index (χ2n) is 12.0. The summed E-state index contributed by atoms with van der Waals surface area (Å²) in [5.41, 5.74) is 0.225. The fourth-order valence-electron chi connectivity index (χ4n) is 7.12. The molecular weight excluding hydrogens is 458 g/mol. The van der Waals surface area contributed by atoms with Crippen LogP contribution in [0.3, 0.4) is 0 Å². The van der Waals surface area contributed by atoms with E-state index in [0.29, 0.717) is 0 Å². The number of carbonyl (C=O) groups excluding carboxylic acids is 1. The monoisotopic (exact) mass is 503 g/mol. The van der Waals surface area contributed by atoms with Gasteiger partial charge in [-0.05, 0) is 100 Å². The van der Waals surface area contributed by atoms with Gasteiger partial charge in [0.05, 0.1) is 6.04 Å². The summed E-state index contributed by atoms with van der Waals surface area (Å²) in [6.45, 7) is 5.78. The molecular formula is C32H45N3O2. The molecule has 2 heterocycles. The molecule has 4 aliphatic rings. The molecule has 4 fully saturated rings. The van der Waals surface area contributed by atoms with Crippen LogP contribution >= 0.6 is 0 Å². The fourth-order valence-corrected chi connectivity index (χ4v) is 7.12. The highest BCUT2D eigenvalue weighted by Crippen LogP contribution is 2.35. The minimum Gasteiger partial charge on any atom is -0.378 e. The molecule has 0 spiro atoms. The van der Waals surface area contributed by atoms with Gasteiger partial charge in [-0.25, -0.2) is 4.79 Å². The number of nitrogens with one attached hydrogen (secondary N) is 2. The van der Waals surface area contributed by atoms with E-state index in [2.05, 4.69) is 15.5 Å². The van der Waals surface area contributed by atoms with Crippen LogP contribution in [0.4, 0.5) is 4.79 Å². The molecule has 0 aromatic heterocycles. The van der Waals surface area contributed by atoms with Gasteiger partial charge in [0, 0.05) is 19.1 Å². The Kier molecular flexibility index (Phi) is 8.51. The Hall–Kier alpha value is -2.37. The lowest BCUT2D eigenvalue weighted by atomic mass is 9.81. The second-order valence-corrected chi connectivity index (χ2v) is 12.0. The van der Waals surface area contributed by atoms with Gasteiger partial charge < -0.3 is 20.6 Å². The number of rotatable bonds is 8. The highest BCUT2D eigenvalue weighted by Gasteiger charge is 2.39. The zero-order chi connectivity index (χ0) is 25.7. The van der Waals surface area contributed by atoms with Crippen LogP contribution in [-0.4, -0.2) is 47.8 Å². The number of nitrogens with zero attached hydrogens (tertiary/aromatic N) is 1. The standard InChI is InChI=1S/C32H45N3O2/c1-24(32(37,28-8-4-2-5-9-28)29-10-6-3-7-11-29)33-31(36)34-30-18-16-25(17-19-30)20-21-35-22-26-12-13-27(23-35)15-14-26/h2-11,24-27,30,37H,12-23H2,1H3,(H2,33,34,36)/t24-,25-,26?,27?,30-/m1/s1. The Morgan fingerprint density at radius 1 is 0.865 bits per heavy atom. The zero-order valence-electron chi connectivity index (χ0n) is 22.4. The van der Waals surface area contributed by atoms with Crippen LogP contribution in [0.1, 0.15) is 75.8 Å². The largest absolute Gasteiger partial charge is 0.378 e. The van der Waals surface area contributed by atoms with Gasteiger partial charge in [-0.15, -0.1) is 0 Å². The molecule has 0 unspecified atom stereocenters. The number of fused-ring (bicyclic) bond motifs is 4. The minimum atomic E-state index is -1.32. The van der Waals surface area contributed by atoms with Gasteiger partial charge in [0.15, 0.2) is 0 Å². The Bertz CT molecular complexity index is 928. The van der Waals surface area contributed by atoms with E-state index in [-0.39, 0.29) is 12.1 Å². The first-order valence-electron chi connectivity index (χ1n) is 14.6. The van der Waals surface area contributed by atoms with Crippen LogP contribution in [0, 0.1) is 17.8 Å². The highest BCUT2D eigenvalue weighted by atomic mass is 16.3. The van der Waals surface area contributed by atoms with Crippen molar-refractivity contribution in [3.8, 4) is 0 Å². The number of benzene rings is 2. The van der Waals surface area contributed by atoms with E-state index < -0.39 is 11.6 Å². The van der Waals surface area contributed by atoms with Crippen molar-refractivity contribution in [2.75, 3.05) is 19.6 Å². The van der Waals surface area contributed by atoms with Gasteiger partial charge in [0.1, 0.15) is 5.60 Å². The number of amides is 2. The summed E-state index contributed by atoms with van der Waals surface area (Å²) in [7, 11) is 0. The number of hydrogen-bond donors (Lipinski definition) is 3. The number of urea groups is 1. The van der Waals surface area contributed by atoms with E-state index >= 15 is 0 Å². The van der Waals surface area contributed by atoms with Gasteiger partial charge in [-0.1, -0.05) is 60.7 Å². The van der Waals surface area contributed by atoms with Crippen LogP contribution in [0.2, 0.25) is 0 Å². The number of carbonyl (C=O) groups is 1. The Morgan fingerprint density at radius 3 is 1.89 bits per heavy atom. The van der Waals surface area contributed by atoms with Crippen molar-refractivity contribution in [3.05, 3.63) is 71.8 Å². The number of aliphatic hydroxyl groups is 1. The Balaban J connectivity index is 1.10. The first-order valence-corrected chi connectivity index (χ1v) is 14.6. The quantitative estimate of drug-likeness (QED) is 0.434. The van der Waals surface area contributed by atoms with E-state index in [1.807, 2.05) is 67.6 Å². The van der Waals surface area contributed by atoms with Gasteiger partial charge in [0.25, 0.3) is 0 Å². The predicted octanol–water partition coefficient (Wildman–Crippen LogP) is 5.68. The first kappa shape index (κ1) is 26.2. The normalized spacial score (nSPS) is 27.3. The summed E-state index contributed by atoms with van der Waals surface area (Å²) in [4.78, 5) is 15.8. The lowest BCUT2D eigenvalue weighted by Crippen LogP contribution is -2.54. The van der Waals surface area contributed by atoms with Crippen LogP contribution in [0.15, 0.2) is 60.7 Å². The molecule has 2 aliphatic carbocycles. The molecule has 5 heteroatoms. The molecule has 2 saturated carbocycles. The van der Waals surface area contributed by atoms with E-state index in [9.17, 15) is 9.90 Å². The summed E-state index contributed by atoms with van der Waals surface area (Å²) in [6.07, 6.45) is 11.6. The molecule has 3 N–H and O–H groups in total. The van der Waals surface area contributed by atoms with Crippen LogP contribution in [-0.2, 0) is 5.60 Å². The smallest absolute Gasteiger partial charge is 0.315 e.